The Balaban J connectivity index is 1.82. The number of hydrogen-bond acceptors (Lipinski definition) is 2. The van der Waals surface area contributed by atoms with Crippen molar-refractivity contribution >= 4 is 21.9 Å². The molecule has 3 nitrogen and oxygen atoms in total. The Kier molecular flexibility index (Phi) is 5.40. The summed E-state index contributed by atoms with van der Waals surface area (Å²) in [5.41, 5.74) is 0.615. The van der Waals surface area contributed by atoms with Gasteiger partial charge in [-0.1, -0.05) is 15.9 Å². The summed E-state index contributed by atoms with van der Waals surface area (Å²) in [7, 11) is 0. The van der Waals surface area contributed by atoms with E-state index < -0.39 is 0 Å². The van der Waals surface area contributed by atoms with E-state index in [4.69, 9.17) is 4.74 Å². The van der Waals surface area contributed by atoms with Gasteiger partial charge in [0, 0.05) is 4.47 Å². The molecule has 0 radical (unpaired) electrons. The molecule has 1 aliphatic rings. The lowest BCUT2D eigenvalue weighted by Gasteiger charge is -2.26. The molecule has 2 rings (SSSR count). The van der Waals surface area contributed by atoms with Crippen LogP contribution in [0.1, 0.15) is 36.5 Å². The van der Waals surface area contributed by atoms with Gasteiger partial charge in [0.25, 0.3) is 0 Å². The molecule has 1 aromatic carbocycles. The fourth-order valence-corrected chi connectivity index (χ4v) is 2.81. The second kappa shape index (κ2) is 7.06. The smallest absolute Gasteiger partial charge is 0.338 e. The van der Waals surface area contributed by atoms with Crippen molar-refractivity contribution in [1.82, 2.24) is 0 Å². The van der Waals surface area contributed by atoms with E-state index in [1.54, 1.807) is 17.0 Å². The van der Waals surface area contributed by atoms with Crippen molar-refractivity contribution in [2.24, 2.45) is 0 Å². The van der Waals surface area contributed by atoms with Gasteiger partial charge in [-0.3, -0.25) is 0 Å². The Hall–Kier alpha value is -0.870. The Morgan fingerprint density at radius 2 is 1.89 bits per heavy atom. The number of quaternary nitrogens is 1. The molecule has 0 aliphatic carbocycles. The highest BCUT2D eigenvalue weighted by molar-refractivity contribution is 9.10. The van der Waals surface area contributed by atoms with Crippen molar-refractivity contribution in [3.63, 3.8) is 0 Å². The summed E-state index contributed by atoms with van der Waals surface area (Å²) in [6.45, 7) is 5.32. The molecule has 104 valence electrons. The average molecular weight is 327 g/mol. The molecule has 0 amide bonds. The first-order valence-corrected chi connectivity index (χ1v) is 7.74. The average Bonchev–Trinajstić information content (AvgIpc) is 2.40. The number of nitrogens with one attached hydrogen (secondary N) is 1. The molecule has 1 aromatic rings. The van der Waals surface area contributed by atoms with Crippen LogP contribution < -0.4 is 4.90 Å². The molecular weight excluding hydrogens is 306 g/mol. The van der Waals surface area contributed by atoms with E-state index >= 15 is 0 Å². The molecule has 1 heterocycles. The van der Waals surface area contributed by atoms with Gasteiger partial charge in [0.1, 0.15) is 12.6 Å². The van der Waals surface area contributed by atoms with Crippen LogP contribution in [-0.2, 0) is 4.74 Å². The lowest BCUT2D eigenvalue weighted by molar-refractivity contribution is -0.907. The molecule has 0 bridgehead atoms. The highest BCUT2D eigenvalue weighted by Gasteiger charge is 2.19. The normalized spacial score (nSPS) is 18.0. The minimum Gasteiger partial charge on any atom is -0.453 e. The van der Waals surface area contributed by atoms with E-state index in [1.807, 2.05) is 19.1 Å². The van der Waals surface area contributed by atoms with Gasteiger partial charge >= 0.3 is 5.97 Å². The van der Waals surface area contributed by atoms with Crippen LogP contribution in [0.2, 0.25) is 0 Å². The SMILES string of the molecule is C[C@@H](C[NH+]1CCCCC1)OC(=O)c1ccc(Br)cc1. The molecule has 1 N–H and O–H groups in total. The topological polar surface area (TPSA) is 30.7 Å². The number of piperidine rings is 1. The van der Waals surface area contributed by atoms with Crippen molar-refractivity contribution in [1.29, 1.82) is 0 Å². The number of esters is 1. The molecule has 4 heteroatoms. The van der Waals surface area contributed by atoms with E-state index in [1.165, 1.54) is 32.4 Å². The Morgan fingerprint density at radius 1 is 1.26 bits per heavy atom. The lowest BCUT2D eigenvalue weighted by Crippen LogP contribution is -3.13. The predicted molar refractivity (Wildman–Crippen MR) is 78.4 cm³/mol. The Morgan fingerprint density at radius 3 is 2.53 bits per heavy atom. The largest absolute Gasteiger partial charge is 0.453 e. The maximum atomic E-state index is 12.0. The minimum atomic E-state index is -0.226. The number of carbonyl (C=O) groups is 1. The van der Waals surface area contributed by atoms with Gasteiger partial charge in [0.05, 0.1) is 18.7 Å². The fourth-order valence-electron chi connectivity index (χ4n) is 2.54. The van der Waals surface area contributed by atoms with Crippen molar-refractivity contribution < 1.29 is 14.4 Å². The van der Waals surface area contributed by atoms with Crippen molar-refractivity contribution in [3.05, 3.63) is 34.3 Å². The summed E-state index contributed by atoms with van der Waals surface area (Å²) in [5.74, 6) is -0.226. The van der Waals surface area contributed by atoms with Crippen LogP contribution in [0.3, 0.4) is 0 Å². The van der Waals surface area contributed by atoms with Gasteiger partial charge in [-0.05, 0) is 50.5 Å². The molecule has 1 aliphatic heterocycles. The third-order valence-electron chi connectivity index (χ3n) is 3.52. The van der Waals surface area contributed by atoms with Crippen LogP contribution in [0.25, 0.3) is 0 Å². The molecule has 19 heavy (non-hydrogen) atoms. The zero-order valence-electron chi connectivity index (χ0n) is 11.3. The van der Waals surface area contributed by atoms with Crippen LogP contribution in [0, 0.1) is 0 Å². The minimum absolute atomic E-state index is 0.0238. The first kappa shape index (κ1) is 14.5. The number of benzene rings is 1. The van der Waals surface area contributed by atoms with E-state index in [2.05, 4.69) is 15.9 Å². The Bertz CT molecular complexity index is 413. The first-order chi connectivity index (χ1) is 9.15. The third kappa shape index (κ3) is 4.62. The predicted octanol–water partition coefficient (Wildman–Crippen LogP) is 2.06. The van der Waals surface area contributed by atoms with Gasteiger partial charge in [-0.25, -0.2) is 4.79 Å². The summed E-state index contributed by atoms with van der Waals surface area (Å²) in [5, 5.41) is 0. The van der Waals surface area contributed by atoms with Crippen LogP contribution >= 0.6 is 15.9 Å². The molecule has 1 fully saturated rings. The molecular formula is C15H21BrNO2+. The van der Waals surface area contributed by atoms with Crippen molar-refractivity contribution in [2.75, 3.05) is 19.6 Å². The van der Waals surface area contributed by atoms with Crippen molar-refractivity contribution in [3.8, 4) is 0 Å². The third-order valence-corrected chi connectivity index (χ3v) is 4.05. The highest BCUT2D eigenvalue weighted by Crippen LogP contribution is 2.11. The summed E-state index contributed by atoms with van der Waals surface area (Å²) >= 11 is 3.36. The number of hydrogen-bond donors (Lipinski definition) is 1. The standard InChI is InChI=1S/C15H20BrNO2/c1-12(11-17-9-3-2-4-10-17)19-15(18)13-5-7-14(16)8-6-13/h5-8,12H,2-4,9-11H2,1H3/p+1/t12-/m0/s1. The van der Waals surface area contributed by atoms with E-state index in [9.17, 15) is 4.79 Å². The summed E-state index contributed by atoms with van der Waals surface area (Å²) in [6, 6.07) is 7.29. The van der Waals surface area contributed by atoms with Crippen LogP contribution in [0.5, 0.6) is 0 Å². The van der Waals surface area contributed by atoms with Gasteiger partial charge in [-0.15, -0.1) is 0 Å². The zero-order chi connectivity index (χ0) is 13.7. The summed E-state index contributed by atoms with van der Waals surface area (Å²) in [4.78, 5) is 13.5. The van der Waals surface area contributed by atoms with Gasteiger partial charge in [-0.2, -0.15) is 0 Å². The van der Waals surface area contributed by atoms with Crippen LogP contribution in [0.4, 0.5) is 0 Å². The van der Waals surface area contributed by atoms with Gasteiger partial charge in [0.15, 0.2) is 0 Å². The van der Waals surface area contributed by atoms with E-state index in [-0.39, 0.29) is 12.1 Å². The number of halogens is 1. The van der Waals surface area contributed by atoms with Crippen LogP contribution in [-0.4, -0.2) is 31.7 Å². The molecule has 0 spiro atoms. The van der Waals surface area contributed by atoms with E-state index in [0.717, 1.165) is 11.0 Å². The number of likely N-dealkylation sites (tertiary alicyclic amines) is 1. The second-order valence-corrected chi connectivity index (χ2v) is 6.15. The molecule has 0 saturated carbocycles. The van der Waals surface area contributed by atoms with Gasteiger partial charge in [0.2, 0.25) is 0 Å². The number of ether oxygens (including phenoxy) is 1. The quantitative estimate of drug-likeness (QED) is 0.859. The maximum absolute atomic E-state index is 12.0. The molecule has 0 unspecified atom stereocenters. The Labute approximate surface area is 123 Å². The monoisotopic (exact) mass is 326 g/mol. The second-order valence-electron chi connectivity index (χ2n) is 5.24. The van der Waals surface area contributed by atoms with Crippen molar-refractivity contribution in [2.45, 2.75) is 32.3 Å². The highest BCUT2D eigenvalue weighted by atomic mass is 79.9. The summed E-state index contributed by atoms with van der Waals surface area (Å²) < 4.78 is 6.47. The first-order valence-electron chi connectivity index (χ1n) is 6.95. The lowest BCUT2D eigenvalue weighted by atomic mass is 10.1. The summed E-state index contributed by atoms with van der Waals surface area (Å²) in [6.07, 6.45) is 3.91. The molecule has 1 saturated heterocycles. The number of carbonyl (C=O) groups excluding carboxylic acids is 1. The number of rotatable bonds is 4. The molecule has 1 atom stereocenters. The van der Waals surface area contributed by atoms with Gasteiger partial charge < -0.3 is 9.64 Å². The zero-order valence-corrected chi connectivity index (χ0v) is 12.9. The maximum Gasteiger partial charge on any atom is 0.338 e. The fraction of sp³-hybridized carbons (Fsp3) is 0.533. The van der Waals surface area contributed by atoms with E-state index in [0.29, 0.717) is 5.56 Å². The van der Waals surface area contributed by atoms with Crippen LogP contribution in [0.15, 0.2) is 28.7 Å². The molecule has 0 aromatic heterocycles.